The van der Waals surface area contributed by atoms with E-state index < -0.39 is 16.1 Å². The molecule has 10 heteroatoms. The van der Waals surface area contributed by atoms with E-state index in [1.54, 1.807) is 54.5 Å². The van der Waals surface area contributed by atoms with Gasteiger partial charge in [0.15, 0.2) is 0 Å². The molecule has 1 fully saturated rings. The van der Waals surface area contributed by atoms with Gasteiger partial charge in [-0.05, 0) is 76.3 Å². The molecule has 4 aromatic rings. The smallest absolute Gasteiger partial charge is 0.244 e. The van der Waals surface area contributed by atoms with E-state index in [0.29, 0.717) is 36.5 Å². The van der Waals surface area contributed by atoms with Gasteiger partial charge in [-0.25, -0.2) is 8.42 Å². The zero-order chi connectivity index (χ0) is 28.3. The first kappa shape index (κ1) is 27.2. The maximum Gasteiger partial charge on any atom is 0.244 e. The third kappa shape index (κ3) is 5.63. The summed E-state index contributed by atoms with van der Waals surface area (Å²) in [6.45, 7) is 0.788. The monoisotopic (exact) mass is 557 g/mol. The minimum Gasteiger partial charge on any atom is -0.497 e. The molecule has 0 bridgehead atoms. The van der Waals surface area contributed by atoms with Crippen LogP contribution < -0.4 is 16.3 Å². The van der Waals surface area contributed by atoms with Crippen molar-refractivity contribution in [3.05, 3.63) is 102 Å². The van der Waals surface area contributed by atoms with Gasteiger partial charge in [-0.15, -0.1) is 0 Å². The molecule has 0 radical (unpaired) electrons. The maximum absolute atomic E-state index is 14.2. The van der Waals surface area contributed by atoms with E-state index >= 15 is 0 Å². The highest BCUT2D eigenvalue weighted by Crippen LogP contribution is 2.31. The van der Waals surface area contributed by atoms with Crippen molar-refractivity contribution in [2.24, 2.45) is 10.9 Å². The minimum absolute atomic E-state index is 0.0101. The van der Waals surface area contributed by atoms with Crippen LogP contribution in [0.25, 0.3) is 10.8 Å². The van der Waals surface area contributed by atoms with Crippen LogP contribution in [0.2, 0.25) is 0 Å². The number of amides is 1. The third-order valence-corrected chi connectivity index (χ3v) is 8.93. The van der Waals surface area contributed by atoms with Gasteiger partial charge in [0.05, 0.1) is 18.2 Å². The molecule has 0 aliphatic carbocycles. The first-order chi connectivity index (χ1) is 19.3. The molecule has 0 aromatic heterocycles. The average molecular weight is 558 g/mol. The second-order valence-electron chi connectivity index (χ2n) is 9.76. The highest BCUT2D eigenvalue weighted by Gasteiger charge is 2.42. The van der Waals surface area contributed by atoms with E-state index in [4.69, 9.17) is 16.3 Å². The van der Waals surface area contributed by atoms with E-state index in [-0.39, 0.29) is 17.3 Å². The number of hydrogen-bond acceptors (Lipinski definition) is 7. The largest absolute Gasteiger partial charge is 0.497 e. The fraction of sp³-hybridized carbons (Fsp3) is 0.200. The Morgan fingerprint density at radius 3 is 2.55 bits per heavy atom. The van der Waals surface area contributed by atoms with Crippen LogP contribution in [0.15, 0.2) is 94.9 Å². The van der Waals surface area contributed by atoms with E-state index in [2.05, 4.69) is 5.10 Å². The van der Waals surface area contributed by atoms with Gasteiger partial charge in [0.2, 0.25) is 15.9 Å². The summed E-state index contributed by atoms with van der Waals surface area (Å²) < 4.78 is 35.0. The number of ether oxygens (including phenoxy) is 1. The van der Waals surface area contributed by atoms with Gasteiger partial charge in [-0.2, -0.15) is 9.41 Å². The number of sulfonamides is 1. The van der Waals surface area contributed by atoms with Crippen molar-refractivity contribution < 1.29 is 17.9 Å². The standard InChI is InChI=1S/C30H31N5O4S/c1-39-27-10-8-24-9-11-28(17-25(24)16-27)40(37,38)35(20-23-6-3-7-26(31)15-23)29-12-13-34(30(29)36)19-22-5-2-4-21(14-22)18-33-32/h2-11,14-18,29H,12-13,19-20,31-32H2,1H3/t29-/m0/s1. The molecular weight excluding hydrogens is 526 g/mol. The molecule has 0 saturated carbocycles. The second kappa shape index (κ2) is 11.4. The Morgan fingerprint density at radius 2 is 1.77 bits per heavy atom. The van der Waals surface area contributed by atoms with Gasteiger partial charge in [0.25, 0.3) is 0 Å². The topological polar surface area (TPSA) is 131 Å². The van der Waals surface area contributed by atoms with E-state index in [9.17, 15) is 13.2 Å². The van der Waals surface area contributed by atoms with Gasteiger partial charge >= 0.3 is 0 Å². The fourth-order valence-corrected chi connectivity index (χ4v) is 6.72. The number of hydrazone groups is 1. The number of nitrogens with zero attached hydrogens (tertiary/aromatic N) is 3. The number of carbonyl (C=O) groups is 1. The van der Waals surface area contributed by atoms with Crippen LogP contribution in [-0.2, 0) is 27.9 Å². The molecule has 1 aliphatic heterocycles. The quantitative estimate of drug-likeness (QED) is 0.140. The van der Waals surface area contributed by atoms with Gasteiger partial charge in [-0.1, -0.05) is 42.5 Å². The van der Waals surface area contributed by atoms with Crippen LogP contribution in [0, 0.1) is 0 Å². The summed E-state index contributed by atoms with van der Waals surface area (Å²) in [5.74, 6) is 5.67. The van der Waals surface area contributed by atoms with Gasteiger partial charge < -0.3 is 21.2 Å². The summed E-state index contributed by atoms with van der Waals surface area (Å²) >= 11 is 0. The normalized spacial score (nSPS) is 15.9. The molecule has 1 heterocycles. The molecule has 1 saturated heterocycles. The molecule has 1 aliphatic rings. The lowest BCUT2D eigenvalue weighted by Gasteiger charge is -2.28. The minimum atomic E-state index is -4.08. The third-order valence-electron chi connectivity index (χ3n) is 7.08. The first-order valence-electron chi connectivity index (χ1n) is 12.8. The predicted molar refractivity (Wildman–Crippen MR) is 156 cm³/mol. The molecule has 0 unspecified atom stereocenters. The number of likely N-dealkylation sites (tertiary alicyclic amines) is 1. The van der Waals surface area contributed by atoms with E-state index in [1.165, 1.54) is 10.5 Å². The Balaban J connectivity index is 1.49. The van der Waals surface area contributed by atoms with Crippen molar-refractivity contribution in [1.29, 1.82) is 0 Å². The Bertz CT molecular complexity index is 1690. The number of nitrogen functional groups attached to an aromatic ring is 1. The Morgan fingerprint density at radius 1 is 1.00 bits per heavy atom. The zero-order valence-electron chi connectivity index (χ0n) is 22.1. The number of hydrogen-bond donors (Lipinski definition) is 2. The second-order valence-corrected chi connectivity index (χ2v) is 11.6. The molecule has 5 rings (SSSR count). The molecule has 4 N–H and O–H groups in total. The molecule has 206 valence electrons. The van der Waals surface area contributed by atoms with Crippen LogP contribution in [0.4, 0.5) is 5.69 Å². The molecule has 1 amide bonds. The predicted octanol–water partition coefficient (Wildman–Crippen LogP) is 3.72. The molecule has 4 aromatic carbocycles. The zero-order valence-corrected chi connectivity index (χ0v) is 22.9. The van der Waals surface area contributed by atoms with Crippen molar-refractivity contribution in [2.75, 3.05) is 19.4 Å². The fourth-order valence-electron chi connectivity index (χ4n) is 5.08. The highest BCUT2D eigenvalue weighted by atomic mass is 32.2. The molecule has 9 nitrogen and oxygen atoms in total. The van der Waals surface area contributed by atoms with Crippen molar-refractivity contribution in [3.8, 4) is 5.75 Å². The number of anilines is 1. The number of rotatable bonds is 9. The molecule has 40 heavy (non-hydrogen) atoms. The maximum atomic E-state index is 14.2. The van der Waals surface area contributed by atoms with E-state index in [0.717, 1.165) is 21.9 Å². The average Bonchev–Trinajstić information content (AvgIpc) is 3.30. The van der Waals surface area contributed by atoms with Crippen LogP contribution >= 0.6 is 0 Å². The number of methoxy groups -OCH3 is 1. The van der Waals surface area contributed by atoms with Crippen LogP contribution in [-0.4, -0.2) is 49.4 Å². The molecule has 1 atom stereocenters. The number of carbonyl (C=O) groups excluding carboxylic acids is 1. The number of nitrogens with two attached hydrogens (primary N) is 2. The highest BCUT2D eigenvalue weighted by molar-refractivity contribution is 7.89. The van der Waals surface area contributed by atoms with Gasteiger partial charge in [-0.3, -0.25) is 4.79 Å². The van der Waals surface area contributed by atoms with Crippen molar-refractivity contribution in [2.45, 2.75) is 30.4 Å². The van der Waals surface area contributed by atoms with Crippen LogP contribution in [0.3, 0.4) is 0 Å². The summed E-state index contributed by atoms with van der Waals surface area (Å²) in [7, 11) is -2.51. The summed E-state index contributed by atoms with van der Waals surface area (Å²) in [5, 5.41) is 5.17. The molecule has 0 spiro atoms. The number of fused-ring (bicyclic) bond motifs is 1. The van der Waals surface area contributed by atoms with Crippen molar-refractivity contribution >= 4 is 38.6 Å². The number of benzene rings is 4. The van der Waals surface area contributed by atoms with Crippen LogP contribution in [0.5, 0.6) is 5.75 Å². The van der Waals surface area contributed by atoms with Crippen molar-refractivity contribution in [1.82, 2.24) is 9.21 Å². The lowest BCUT2D eigenvalue weighted by molar-refractivity contribution is -0.131. The van der Waals surface area contributed by atoms with E-state index in [1.807, 2.05) is 42.5 Å². The lowest BCUT2D eigenvalue weighted by atomic mass is 10.1. The summed E-state index contributed by atoms with van der Waals surface area (Å²) in [6, 6.07) is 24.2. The first-order valence-corrected chi connectivity index (χ1v) is 14.3. The Kier molecular flexibility index (Phi) is 7.72. The van der Waals surface area contributed by atoms with Crippen LogP contribution in [0.1, 0.15) is 23.1 Å². The lowest BCUT2D eigenvalue weighted by Crippen LogP contribution is -2.44. The van der Waals surface area contributed by atoms with Gasteiger partial charge in [0, 0.05) is 25.3 Å². The van der Waals surface area contributed by atoms with Gasteiger partial charge in [0.1, 0.15) is 11.8 Å². The van der Waals surface area contributed by atoms with Crippen molar-refractivity contribution in [3.63, 3.8) is 0 Å². The Labute approximate surface area is 233 Å². The summed E-state index contributed by atoms with van der Waals surface area (Å²) in [4.78, 5) is 15.5. The molecular formula is C30H31N5O4S. The summed E-state index contributed by atoms with van der Waals surface area (Å²) in [5.41, 5.74) is 8.94. The Hall–Kier alpha value is -4.41. The summed E-state index contributed by atoms with van der Waals surface area (Å²) in [6.07, 6.45) is 1.91. The SMILES string of the molecule is COc1ccc2ccc(S(=O)(=O)N(Cc3cccc(N)c3)[C@H]3CCN(Cc4cccc(C=NN)c4)C3=O)cc2c1.